The molecule has 9 nitrogen and oxygen atoms in total. The van der Waals surface area contributed by atoms with Gasteiger partial charge in [0.2, 0.25) is 5.91 Å². The summed E-state index contributed by atoms with van der Waals surface area (Å²) in [6, 6.07) is 9.44. The largest absolute Gasteiger partial charge is 0.483 e. The molecule has 2 aromatic carbocycles. The number of ether oxygens (including phenoxy) is 1. The number of rotatable bonds is 9. The lowest BCUT2D eigenvalue weighted by atomic mass is 10.1. The molecule has 33 heavy (non-hydrogen) atoms. The number of aromatic nitrogens is 3. The van der Waals surface area contributed by atoms with E-state index in [9.17, 15) is 14.9 Å². The van der Waals surface area contributed by atoms with Crippen LogP contribution in [0.25, 0.3) is 0 Å². The van der Waals surface area contributed by atoms with Crippen molar-refractivity contribution in [3.63, 3.8) is 0 Å². The molecule has 0 spiro atoms. The molecule has 1 N–H and O–H groups in total. The minimum atomic E-state index is -0.490. The molecule has 0 aliphatic carbocycles. The maximum Gasteiger partial charge on any atom is 0.269 e. The number of thioether (sulfide) groups is 1. The first-order chi connectivity index (χ1) is 15.7. The van der Waals surface area contributed by atoms with Crippen molar-refractivity contribution in [1.82, 2.24) is 14.8 Å². The highest BCUT2D eigenvalue weighted by atomic mass is 35.5. The fourth-order valence-corrected chi connectivity index (χ4v) is 4.15. The van der Waals surface area contributed by atoms with Gasteiger partial charge in [0.1, 0.15) is 5.75 Å². The molecule has 0 saturated heterocycles. The minimum Gasteiger partial charge on any atom is -0.483 e. The van der Waals surface area contributed by atoms with Crippen LogP contribution in [0, 0.1) is 24.0 Å². The Kier molecular flexibility index (Phi) is 7.93. The van der Waals surface area contributed by atoms with E-state index in [-0.39, 0.29) is 23.5 Å². The van der Waals surface area contributed by atoms with E-state index in [0.29, 0.717) is 29.0 Å². The Morgan fingerprint density at radius 2 is 1.88 bits per heavy atom. The molecule has 3 aromatic rings. The van der Waals surface area contributed by atoms with Gasteiger partial charge in [0.25, 0.3) is 5.69 Å². The molecule has 0 fully saturated rings. The monoisotopic (exact) mass is 489 g/mol. The number of nitro groups is 1. The molecule has 0 radical (unpaired) electrons. The van der Waals surface area contributed by atoms with E-state index in [1.54, 1.807) is 0 Å². The van der Waals surface area contributed by atoms with Gasteiger partial charge in [-0.05, 0) is 63.1 Å². The number of benzene rings is 2. The molecule has 174 valence electrons. The van der Waals surface area contributed by atoms with Crippen LogP contribution in [-0.4, -0.2) is 31.3 Å². The van der Waals surface area contributed by atoms with E-state index in [1.807, 2.05) is 44.4 Å². The zero-order valence-corrected chi connectivity index (χ0v) is 20.2. The molecular weight excluding hydrogens is 466 g/mol. The van der Waals surface area contributed by atoms with Crippen LogP contribution in [0.2, 0.25) is 5.02 Å². The smallest absolute Gasteiger partial charge is 0.269 e. The number of carbonyl (C=O) groups is 1. The number of amides is 1. The Labute approximate surface area is 200 Å². The Morgan fingerprint density at radius 3 is 2.45 bits per heavy atom. The first kappa shape index (κ1) is 24.5. The maximum atomic E-state index is 12.3. The second-order valence-corrected chi connectivity index (χ2v) is 8.68. The van der Waals surface area contributed by atoms with Gasteiger partial charge in [-0.1, -0.05) is 23.4 Å². The fraction of sp³-hybridized carbons (Fsp3) is 0.318. The number of anilines is 1. The van der Waals surface area contributed by atoms with Gasteiger partial charge in [-0.15, -0.1) is 10.2 Å². The second kappa shape index (κ2) is 10.7. The third-order valence-corrected chi connectivity index (χ3v) is 6.41. The molecule has 1 amide bonds. The van der Waals surface area contributed by atoms with Crippen molar-refractivity contribution in [2.24, 2.45) is 0 Å². The summed E-state index contributed by atoms with van der Waals surface area (Å²) < 4.78 is 7.99. The molecule has 11 heteroatoms. The molecule has 3 rings (SSSR count). The third-order valence-electron chi connectivity index (χ3n) is 4.84. The number of aryl methyl sites for hydroxylation is 2. The molecule has 1 aromatic heterocycles. The normalized spacial score (nSPS) is 11.8. The third kappa shape index (κ3) is 6.02. The van der Waals surface area contributed by atoms with E-state index in [0.717, 1.165) is 16.1 Å². The summed E-state index contributed by atoms with van der Waals surface area (Å²) in [7, 11) is 0. The molecular formula is C22H24ClN5O4S. The molecule has 0 aliphatic rings. The fourth-order valence-electron chi connectivity index (χ4n) is 3.23. The van der Waals surface area contributed by atoms with Gasteiger partial charge in [0.05, 0.1) is 10.7 Å². The van der Waals surface area contributed by atoms with E-state index in [2.05, 4.69) is 15.5 Å². The van der Waals surface area contributed by atoms with Crippen molar-refractivity contribution in [1.29, 1.82) is 0 Å². The topological polar surface area (TPSA) is 112 Å². The number of nitrogens with one attached hydrogen (secondary N) is 1. The summed E-state index contributed by atoms with van der Waals surface area (Å²) in [4.78, 5) is 22.6. The number of nitro benzene ring substituents is 1. The number of nitrogens with zero attached hydrogens (tertiary/aromatic N) is 4. The SMILES string of the molecule is CCn1c(SCC(=O)Nc2ccc([N+](=O)[O-])cc2)nnc1C(C)Oc1cc(C)c(Cl)c(C)c1. The molecule has 1 unspecified atom stereocenters. The lowest BCUT2D eigenvalue weighted by Crippen LogP contribution is -2.15. The number of hydrogen-bond acceptors (Lipinski definition) is 7. The highest BCUT2D eigenvalue weighted by Crippen LogP contribution is 2.29. The highest BCUT2D eigenvalue weighted by molar-refractivity contribution is 7.99. The van der Waals surface area contributed by atoms with Crippen LogP contribution in [0.5, 0.6) is 5.75 Å². The van der Waals surface area contributed by atoms with E-state index in [1.165, 1.54) is 36.0 Å². The Balaban J connectivity index is 1.63. The zero-order chi connectivity index (χ0) is 24.1. The zero-order valence-electron chi connectivity index (χ0n) is 18.7. The van der Waals surface area contributed by atoms with Crippen LogP contribution in [0.4, 0.5) is 11.4 Å². The maximum absolute atomic E-state index is 12.3. The van der Waals surface area contributed by atoms with Gasteiger partial charge in [-0.3, -0.25) is 14.9 Å². The highest BCUT2D eigenvalue weighted by Gasteiger charge is 2.20. The van der Waals surface area contributed by atoms with E-state index < -0.39 is 4.92 Å². The molecule has 0 saturated carbocycles. The predicted octanol–water partition coefficient (Wildman–Crippen LogP) is 5.35. The van der Waals surface area contributed by atoms with Crippen LogP contribution < -0.4 is 10.1 Å². The lowest BCUT2D eigenvalue weighted by Gasteiger charge is -2.17. The van der Waals surface area contributed by atoms with Crippen molar-refractivity contribution >= 4 is 40.6 Å². The summed E-state index contributed by atoms with van der Waals surface area (Å²) in [5.74, 6) is 1.21. The van der Waals surface area contributed by atoms with Crippen molar-refractivity contribution in [2.75, 3.05) is 11.1 Å². The van der Waals surface area contributed by atoms with E-state index >= 15 is 0 Å². The van der Waals surface area contributed by atoms with Gasteiger partial charge in [0, 0.05) is 29.4 Å². The van der Waals surface area contributed by atoms with Crippen molar-refractivity contribution in [3.8, 4) is 5.75 Å². The summed E-state index contributed by atoms with van der Waals surface area (Å²) in [5.41, 5.74) is 2.32. The Bertz CT molecular complexity index is 1140. The number of carbonyl (C=O) groups excluding carboxylic acids is 1. The molecule has 0 bridgehead atoms. The summed E-state index contributed by atoms with van der Waals surface area (Å²) in [6.45, 7) is 8.33. The minimum absolute atomic E-state index is 0.0359. The lowest BCUT2D eigenvalue weighted by molar-refractivity contribution is -0.384. The number of halogens is 1. The Morgan fingerprint density at radius 1 is 1.24 bits per heavy atom. The van der Waals surface area contributed by atoms with Gasteiger partial charge in [-0.25, -0.2) is 0 Å². The molecule has 1 atom stereocenters. The van der Waals surface area contributed by atoms with Gasteiger partial charge in [0.15, 0.2) is 17.1 Å². The van der Waals surface area contributed by atoms with Gasteiger partial charge < -0.3 is 14.6 Å². The van der Waals surface area contributed by atoms with Crippen LogP contribution in [0.3, 0.4) is 0 Å². The van der Waals surface area contributed by atoms with Crippen molar-refractivity contribution < 1.29 is 14.5 Å². The predicted molar refractivity (Wildman–Crippen MR) is 128 cm³/mol. The molecule has 1 heterocycles. The molecule has 0 aliphatic heterocycles. The average molecular weight is 490 g/mol. The Hall–Kier alpha value is -3.11. The van der Waals surface area contributed by atoms with Crippen molar-refractivity contribution in [2.45, 2.75) is 45.5 Å². The van der Waals surface area contributed by atoms with Gasteiger partial charge in [-0.2, -0.15) is 0 Å². The summed E-state index contributed by atoms with van der Waals surface area (Å²) in [5, 5.41) is 23.3. The summed E-state index contributed by atoms with van der Waals surface area (Å²) >= 11 is 7.50. The summed E-state index contributed by atoms with van der Waals surface area (Å²) in [6.07, 6.45) is -0.360. The first-order valence-electron chi connectivity index (χ1n) is 10.2. The second-order valence-electron chi connectivity index (χ2n) is 7.36. The van der Waals surface area contributed by atoms with Crippen molar-refractivity contribution in [3.05, 3.63) is 68.5 Å². The quantitative estimate of drug-likeness (QED) is 0.245. The standard InChI is InChI=1S/C22H24ClN5O4S/c1-5-27-21(15(4)32-18-10-13(2)20(23)14(3)11-18)25-26-22(27)33-12-19(29)24-16-6-8-17(9-7-16)28(30)31/h6-11,15H,5,12H2,1-4H3,(H,24,29). The first-order valence-corrected chi connectivity index (χ1v) is 11.6. The van der Waals surface area contributed by atoms with Gasteiger partial charge >= 0.3 is 0 Å². The van der Waals surface area contributed by atoms with Crippen LogP contribution >= 0.6 is 23.4 Å². The number of non-ortho nitro benzene ring substituents is 1. The van der Waals surface area contributed by atoms with Crippen LogP contribution in [0.15, 0.2) is 41.6 Å². The van der Waals surface area contributed by atoms with Crippen LogP contribution in [-0.2, 0) is 11.3 Å². The average Bonchev–Trinajstić information content (AvgIpc) is 3.19. The van der Waals surface area contributed by atoms with E-state index in [4.69, 9.17) is 16.3 Å². The number of hydrogen-bond donors (Lipinski definition) is 1. The van der Waals surface area contributed by atoms with Crippen LogP contribution in [0.1, 0.15) is 36.9 Å².